The zero-order valence-electron chi connectivity index (χ0n) is 19.9. The van der Waals surface area contributed by atoms with Gasteiger partial charge < -0.3 is 10.1 Å². The van der Waals surface area contributed by atoms with Gasteiger partial charge in [-0.3, -0.25) is 14.3 Å². The van der Waals surface area contributed by atoms with Crippen molar-refractivity contribution in [1.29, 1.82) is 0 Å². The van der Waals surface area contributed by atoms with Crippen LogP contribution in [0.1, 0.15) is 38.3 Å². The van der Waals surface area contributed by atoms with Crippen LogP contribution >= 0.6 is 11.8 Å². The third-order valence-corrected chi connectivity index (χ3v) is 6.35. The second-order valence-electron chi connectivity index (χ2n) is 7.91. The predicted molar refractivity (Wildman–Crippen MR) is 139 cm³/mol. The summed E-state index contributed by atoms with van der Waals surface area (Å²) in [7, 11) is 0. The number of nitrogens with zero attached hydrogens (tertiary/aromatic N) is 4. The second kappa shape index (κ2) is 12.2. The zero-order valence-corrected chi connectivity index (χ0v) is 20.7. The minimum Gasteiger partial charge on any atom is -0.494 e. The number of ether oxygens (including phenoxy) is 1. The molecule has 0 bridgehead atoms. The molecule has 0 aliphatic carbocycles. The fourth-order valence-corrected chi connectivity index (χ4v) is 4.57. The number of benzene rings is 2. The minimum atomic E-state index is -0.0380. The van der Waals surface area contributed by atoms with Crippen LogP contribution in [0.4, 0.5) is 0 Å². The summed E-state index contributed by atoms with van der Waals surface area (Å²) in [6, 6.07) is 21.6. The van der Waals surface area contributed by atoms with E-state index in [-0.39, 0.29) is 17.7 Å². The van der Waals surface area contributed by atoms with Gasteiger partial charge in [-0.25, -0.2) is 0 Å². The van der Waals surface area contributed by atoms with Crippen molar-refractivity contribution >= 4 is 17.7 Å². The Morgan fingerprint density at radius 2 is 1.74 bits per heavy atom. The number of carbonyl (C=O) groups excluding carboxylic acids is 1. The molecule has 4 aromatic rings. The first kappa shape index (κ1) is 24.5. The normalized spacial score (nSPS) is 11.7. The van der Waals surface area contributed by atoms with Crippen molar-refractivity contribution in [3.63, 3.8) is 0 Å². The van der Waals surface area contributed by atoms with Gasteiger partial charge in [0.25, 0.3) is 0 Å². The molecular formula is C27H29N5O2S. The molecule has 1 atom stereocenters. The topological polar surface area (TPSA) is 81.9 Å². The minimum absolute atomic E-state index is 0.00865. The Balaban J connectivity index is 1.55. The number of carbonyl (C=O) groups is 1. The molecule has 1 N–H and O–H groups in total. The maximum atomic E-state index is 12.9. The summed E-state index contributed by atoms with van der Waals surface area (Å²) in [5.74, 6) is 1.68. The van der Waals surface area contributed by atoms with Crippen molar-refractivity contribution < 1.29 is 9.53 Å². The van der Waals surface area contributed by atoms with Crippen LogP contribution in [0.15, 0.2) is 84.3 Å². The van der Waals surface area contributed by atoms with Gasteiger partial charge in [-0.05, 0) is 55.3 Å². The summed E-state index contributed by atoms with van der Waals surface area (Å²) in [4.78, 5) is 17.0. The summed E-state index contributed by atoms with van der Waals surface area (Å²) >= 11 is 1.37. The Bertz CT molecular complexity index is 1210. The molecule has 0 spiro atoms. The highest BCUT2D eigenvalue weighted by Gasteiger charge is 2.19. The number of rotatable bonds is 11. The highest BCUT2D eigenvalue weighted by Crippen LogP contribution is 2.29. The number of hydrogen-bond acceptors (Lipinski definition) is 6. The second-order valence-corrected chi connectivity index (χ2v) is 8.86. The number of hydrogen-bond donors (Lipinski definition) is 1. The molecule has 0 aliphatic heterocycles. The Labute approximate surface area is 210 Å². The van der Waals surface area contributed by atoms with Crippen LogP contribution in [0.5, 0.6) is 5.75 Å². The summed E-state index contributed by atoms with van der Waals surface area (Å²) in [5, 5.41) is 12.7. The van der Waals surface area contributed by atoms with E-state index < -0.39 is 0 Å². The molecule has 4 rings (SSSR count). The van der Waals surface area contributed by atoms with Crippen LogP contribution in [-0.2, 0) is 4.79 Å². The van der Waals surface area contributed by atoms with E-state index in [0.29, 0.717) is 17.6 Å². The van der Waals surface area contributed by atoms with Crippen molar-refractivity contribution in [1.82, 2.24) is 25.1 Å². The van der Waals surface area contributed by atoms with Gasteiger partial charge in [-0.15, -0.1) is 10.2 Å². The van der Waals surface area contributed by atoms with E-state index in [1.165, 1.54) is 11.8 Å². The van der Waals surface area contributed by atoms with Gasteiger partial charge >= 0.3 is 0 Å². The van der Waals surface area contributed by atoms with Crippen molar-refractivity contribution in [2.24, 2.45) is 0 Å². The number of pyridine rings is 1. The van der Waals surface area contributed by atoms with E-state index in [2.05, 4.69) is 39.6 Å². The highest BCUT2D eigenvalue weighted by atomic mass is 32.2. The smallest absolute Gasteiger partial charge is 0.230 e. The molecule has 0 aliphatic rings. The molecule has 0 saturated heterocycles. The lowest BCUT2D eigenvalue weighted by molar-refractivity contribution is -0.119. The Morgan fingerprint density at radius 3 is 2.43 bits per heavy atom. The van der Waals surface area contributed by atoms with Gasteiger partial charge in [0.1, 0.15) is 5.75 Å². The zero-order chi connectivity index (χ0) is 24.5. The first-order chi connectivity index (χ1) is 17.2. The molecule has 8 heteroatoms. The molecule has 0 fully saturated rings. The standard InChI is InChI=1S/C27H29N5O2S/c1-3-8-24(20-9-6-5-7-10-20)29-25(33)19-35-27-31-30-26(21-15-17-28-18-16-21)32(27)22-11-13-23(14-12-22)34-4-2/h5-7,9-18,24H,3-4,8,19H2,1-2H3,(H,29,33)/t24-/m0/s1. The van der Waals surface area contributed by atoms with Crippen LogP contribution < -0.4 is 10.1 Å². The van der Waals surface area contributed by atoms with Crippen molar-refractivity contribution in [2.75, 3.05) is 12.4 Å². The van der Waals surface area contributed by atoms with Gasteiger partial charge in [-0.2, -0.15) is 0 Å². The maximum absolute atomic E-state index is 12.9. The molecule has 2 aromatic heterocycles. The lowest BCUT2D eigenvalue weighted by Crippen LogP contribution is -2.30. The van der Waals surface area contributed by atoms with Crippen molar-refractivity contribution in [3.8, 4) is 22.8 Å². The molecule has 2 heterocycles. The lowest BCUT2D eigenvalue weighted by Gasteiger charge is -2.18. The van der Waals surface area contributed by atoms with Crippen LogP contribution in [0.3, 0.4) is 0 Å². The average molecular weight is 488 g/mol. The monoisotopic (exact) mass is 487 g/mol. The van der Waals surface area contributed by atoms with E-state index in [0.717, 1.165) is 35.4 Å². The molecule has 2 aromatic carbocycles. The lowest BCUT2D eigenvalue weighted by atomic mass is 10.0. The molecule has 0 saturated carbocycles. The SMILES string of the molecule is CCC[C@H](NC(=O)CSc1nnc(-c2ccncc2)n1-c1ccc(OCC)cc1)c1ccccc1. The van der Waals surface area contributed by atoms with Crippen molar-refractivity contribution in [2.45, 2.75) is 37.9 Å². The molecule has 180 valence electrons. The van der Waals surface area contributed by atoms with E-state index in [4.69, 9.17) is 4.74 Å². The number of amides is 1. The van der Waals surface area contributed by atoms with Gasteiger partial charge in [0.2, 0.25) is 5.91 Å². The van der Waals surface area contributed by atoms with Gasteiger partial charge in [0.05, 0.1) is 18.4 Å². The van der Waals surface area contributed by atoms with Crippen LogP contribution in [0, 0.1) is 0 Å². The maximum Gasteiger partial charge on any atom is 0.230 e. The number of aromatic nitrogens is 4. The van der Waals surface area contributed by atoms with Gasteiger partial charge in [-0.1, -0.05) is 55.4 Å². The first-order valence-electron chi connectivity index (χ1n) is 11.8. The molecule has 7 nitrogen and oxygen atoms in total. The summed E-state index contributed by atoms with van der Waals surface area (Å²) < 4.78 is 7.55. The van der Waals surface area contributed by atoms with Crippen LogP contribution in [-0.4, -0.2) is 38.0 Å². The Kier molecular flexibility index (Phi) is 8.51. The van der Waals surface area contributed by atoms with E-state index in [1.807, 2.05) is 66.1 Å². The largest absolute Gasteiger partial charge is 0.494 e. The first-order valence-corrected chi connectivity index (χ1v) is 12.7. The molecule has 0 unspecified atom stereocenters. The quantitative estimate of drug-likeness (QED) is 0.282. The average Bonchev–Trinajstić information content (AvgIpc) is 3.33. The third-order valence-electron chi connectivity index (χ3n) is 5.42. The molecule has 1 amide bonds. The third kappa shape index (κ3) is 6.27. The van der Waals surface area contributed by atoms with E-state index in [1.54, 1.807) is 12.4 Å². The molecule has 35 heavy (non-hydrogen) atoms. The van der Waals surface area contributed by atoms with Crippen molar-refractivity contribution in [3.05, 3.63) is 84.7 Å². The Hall–Kier alpha value is -3.65. The predicted octanol–water partition coefficient (Wildman–Crippen LogP) is 5.48. The summed E-state index contributed by atoms with van der Waals surface area (Å²) in [5.41, 5.74) is 2.90. The summed E-state index contributed by atoms with van der Waals surface area (Å²) in [6.45, 7) is 4.68. The van der Waals surface area contributed by atoms with E-state index in [9.17, 15) is 4.79 Å². The van der Waals surface area contributed by atoms with Crippen LogP contribution in [0.2, 0.25) is 0 Å². The molecular weight excluding hydrogens is 458 g/mol. The molecule has 0 radical (unpaired) electrons. The highest BCUT2D eigenvalue weighted by molar-refractivity contribution is 7.99. The Morgan fingerprint density at radius 1 is 1.00 bits per heavy atom. The number of nitrogens with one attached hydrogen (secondary N) is 1. The van der Waals surface area contributed by atoms with E-state index >= 15 is 0 Å². The van der Waals surface area contributed by atoms with Gasteiger partial charge in [0.15, 0.2) is 11.0 Å². The van der Waals surface area contributed by atoms with Crippen LogP contribution in [0.25, 0.3) is 17.1 Å². The summed E-state index contributed by atoms with van der Waals surface area (Å²) in [6.07, 6.45) is 5.32. The fourth-order valence-electron chi connectivity index (χ4n) is 3.80. The number of thioether (sulfide) groups is 1. The van der Waals surface area contributed by atoms with Gasteiger partial charge in [0, 0.05) is 23.6 Å². The fraction of sp³-hybridized carbons (Fsp3) is 0.259.